The van der Waals surface area contributed by atoms with Crippen LogP contribution in [0.1, 0.15) is 5.69 Å². The fourth-order valence-electron chi connectivity index (χ4n) is 0.936. The highest BCUT2D eigenvalue weighted by molar-refractivity contribution is 7.12. The van der Waals surface area contributed by atoms with Crippen LogP contribution in [0.3, 0.4) is 0 Å². The fraction of sp³-hybridized carbons (Fsp3) is 0.143. The van der Waals surface area contributed by atoms with E-state index in [4.69, 9.17) is 5.73 Å². The van der Waals surface area contributed by atoms with E-state index in [1.54, 1.807) is 17.1 Å². The van der Waals surface area contributed by atoms with Crippen molar-refractivity contribution in [2.45, 2.75) is 6.92 Å². The van der Waals surface area contributed by atoms with Gasteiger partial charge < -0.3 is 5.73 Å². The summed E-state index contributed by atoms with van der Waals surface area (Å²) < 4.78 is 1.74. The molecular weight excluding hydrogens is 172 g/mol. The fourth-order valence-corrected chi connectivity index (χ4v) is 1.58. The van der Waals surface area contributed by atoms with Crippen molar-refractivity contribution >= 4 is 17.0 Å². The van der Waals surface area contributed by atoms with E-state index in [0.717, 1.165) is 10.8 Å². The topological polar surface area (TPSA) is 56.7 Å². The first-order valence-corrected chi connectivity index (χ1v) is 4.37. The number of hydrogen-bond donors (Lipinski definition) is 1. The van der Waals surface area contributed by atoms with Crippen molar-refractivity contribution in [3.8, 4) is 5.13 Å². The van der Waals surface area contributed by atoms with Crippen LogP contribution < -0.4 is 5.73 Å². The number of rotatable bonds is 1. The van der Waals surface area contributed by atoms with Crippen molar-refractivity contribution in [1.82, 2.24) is 14.8 Å². The molecule has 0 radical (unpaired) electrons. The van der Waals surface area contributed by atoms with E-state index in [0.29, 0.717) is 5.69 Å². The van der Waals surface area contributed by atoms with Gasteiger partial charge in [-0.05, 0) is 6.92 Å². The molecule has 0 spiro atoms. The zero-order valence-electron chi connectivity index (χ0n) is 6.56. The molecule has 0 aliphatic carbocycles. The quantitative estimate of drug-likeness (QED) is 0.717. The second-order valence-electron chi connectivity index (χ2n) is 2.41. The normalized spacial score (nSPS) is 10.4. The highest BCUT2D eigenvalue weighted by atomic mass is 32.1. The molecule has 12 heavy (non-hydrogen) atoms. The SMILES string of the molecule is Cc1c(N)cnn1-c1nccs1. The zero-order valence-corrected chi connectivity index (χ0v) is 7.38. The van der Waals surface area contributed by atoms with Gasteiger partial charge in [-0.2, -0.15) is 5.10 Å². The first kappa shape index (κ1) is 7.30. The minimum absolute atomic E-state index is 0.699. The summed E-state index contributed by atoms with van der Waals surface area (Å²) in [6.07, 6.45) is 3.38. The van der Waals surface area contributed by atoms with Gasteiger partial charge in [-0.15, -0.1) is 11.3 Å². The van der Waals surface area contributed by atoms with E-state index in [-0.39, 0.29) is 0 Å². The van der Waals surface area contributed by atoms with Gasteiger partial charge in [-0.1, -0.05) is 0 Å². The minimum Gasteiger partial charge on any atom is -0.396 e. The van der Waals surface area contributed by atoms with Gasteiger partial charge in [0.2, 0.25) is 5.13 Å². The first-order chi connectivity index (χ1) is 5.79. The Labute approximate surface area is 73.7 Å². The summed E-state index contributed by atoms with van der Waals surface area (Å²) in [7, 11) is 0. The average molecular weight is 180 g/mol. The summed E-state index contributed by atoms with van der Waals surface area (Å²) >= 11 is 1.54. The lowest BCUT2D eigenvalue weighted by Gasteiger charge is -1.97. The summed E-state index contributed by atoms with van der Waals surface area (Å²) in [5, 5.41) is 6.86. The largest absolute Gasteiger partial charge is 0.396 e. The van der Waals surface area contributed by atoms with Gasteiger partial charge in [0.15, 0.2) is 0 Å². The highest BCUT2D eigenvalue weighted by Crippen LogP contribution is 2.16. The summed E-state index contributed by atoms with van der Waals surface area (Å²) in [6.45, 7) is 1.92. The minimum atomic E-state index is 0.699. The summed E-state index contributed by atoms with van der Waals surface area (Å²) in [5.74, 6) is 0. The van der Waals surface area contributed by atoms with Gasteiger partial charge in [0, 0.05) is 11.6 Å². The van der Waals surface area contributed by atoms with Gasteiger partial charge >= 0.3 is 0 Å². The molecular formula is C7H8N4S. The van der Waals surface area contributed by atoms with Crippen molar-refractivity contribution < 1.29 is 0 Å². The number of nitrogen functional groups attached to an aromatic ring is 1. The molecule has 0 fully saturated rings. The number of thiazole rings is 1. The predicted molar refractivity (Wildman–Crippen MR) is 48.4 cm³/mol. The maximum atomic E-state index is 5.64. The first-order valence-electron chi connectivity index (χ1n) is 3.49. The van der Waals surface area contributed by atoms with Crippen LogP contribution >= 0.6 is 11.3 Å². The summed E-state index contributed by atoms with van der Waals surface area (Å²) in [6, 6.07) is 0. The number of hydrogen-bond acceptors (Lipinski definition) is 4. The molecule has 0 unspecified atom stereocenters. The number of anilines is 1. The Morgan fingerprint density at radius 2 is 2.42 bits per heavy atom. The predicted octanol–water partition coefficient (Wildman–Crippen LogP) is 1.22. The standard InChI is InChI=1S/C7H8N4S/c1-5-6(8)4-10-11(5)7-9-2-3-12-7/h2-4H,8H2,1H3. The smallest absolute Gasteiger partial charge is 0.210 e. The van der Waals surface area contributed by atoms with Crippen LogP contribution in [0.15, 0.2) is 17.8 Å². The van der Waals surface area contributed by atoms with Crippen LogP contribution in [0, 0.1) is 6.92 Å². The molecule has 0 bridgehead atoms. The molecule has 0 saturated heterocycles. The summed E-state index contributed by atoms with van der Waals surface area (Å²) in [5.41, 5.74) is 7.27. The third kappa shape index (κ3) is 0.984. The third-order valence-corrected chi connectivity index (χ3v) is 2.40. The molecule has 0 amide bonds. The lowest BCUT2D eigenvalue weighted by Crippen LogP contribution is -1.98. The second kappa shape index (κ2) is 2.60. The maximum Gasteiger partial charge on any atom is 0.210 e. The van der Waals surface area contributed by atoms with E-state index in [9.17, 15) is 0 Å². The van der Waals surface area contributed by atoms with Gasteiger partial charge in [-0.3, -0.25) is 0 Å². The number of nitrogens with two attached hydrogens (primary N) is 1. The van der Waals surface area contributed by atoms with Crippen LogP contribution in [0.4, 0.5) is 5.69 Å². The lowest BCUT2D eigenvalue weighted by molar-refractivity contribution is 0.838. The Hall–Kier alpha value is -1.36. The van der Waals surface area contributed by atoms with Crippen LogP contribution in [-0.4, -0.2) is 14.8 Å². The van der Waals surface area contributed by atoms with E-state index in [1.165, 1.54) is 11.3 Å². The Morgan fingerprint density at radius 1 is 1.58 bits per heavy atom. The van der Waals surface area contributed by atoms with Crippen molar-refractivity contribution in [3.05, 3.63) is 23.5 Å². The van der Waals surface area contributed by atoms with Crippen LogP contribution in [0.2, 0.25) is 0 Å². The number of nitrogens with zero attached hydrogens (tertiary/aromatic N) is 3. The highest BCUT2D eigenvalue weighted by Gasteiger charge is 2.05. The molecule has 5 heteroatoms. The van der Waals surface area contributed by atoms with E-state index in [1.807, 2.05) is 12.3 Å². The molecule has 2 N–H and O–H groups in total. The van der Waals surface area contributed by atoms with Gasteiger partial charge in [0.05, 0.1) is 17.6 Å². The molecule has 2 rings (SSSR count). The Kier molecular flexibility index (Phi) is 1.58. The summed E-state index contributed by atoms with van der Waals surface area (Å²) in [4.78, 5) is 4.12. The molecule has 4 nitrogen and oxygen atoms in total. The van der Waals surface area contributed by atoms with Crippen LogP contribution in [-0.2, 0) is 0 Å². The zero-order chi connectivity index (χ0) is 8.55. The molecule has 2 aromatic heterocycles. The molecule has 0 saturated carbocycles. The molecule has 0 aliphatic rings. The Morgan fingerprint density at radius 3 is 2.92 bits per heavy atom. The van der Waals surface area contributed by atoms with Crippen molar-refractivity contribution in [2.75, 3.05) is 5.73 Å². The van der Waals surface area contributed by atoms with E-state index >= 15 is 0 Å². The van der Waals surface area contributed by atoms with Gasteiger partial charge in [-0.25, -0.2) is 9.67 Å². The molecule has 0 atom stereocenters. The third-order valence-electron chi connectivity index (χ3n) is 1.65. The Bertz CT molecular complexity index is 376. The van der Waals surface area contributed by atoms with E-state index in [2.05, 4.69) is 10.1 Å². The maximum absolute atomic E-state index is 5.64. The van der Waals surface area contributed by atoms with Crippen LogP contribution in [0.25, 0.3) is 5.13 Å². The Balaban J connectivity index is 2.55. The van der Waals surface area contributed by atoms with Crippen molar-refractivity contribution in [1.29, 1.82) is 0 Å². The molecule has 2 aromatic rings. The molecule has 0 aliphatic heterocycles. The second-order valence-corrected chi connectivity index (χ2v) is 3.28. The van der Waals surface area contributed by atoms with Crippen molar-refractivity contribution in [2.24, 2.45) is 0 Å². The van der Waals surface area contributed by atoms with Gasteiger partial charge in [0.1, 0.15) is 0 Å². The average Bonchev–Trinajstić information content (AvgIpc) is 2.64. The van der Waals surface area contributed by atoms with Crippen molar-refractivity contribution in [3.63, 3.8) is 0 Å². The van der Waals surface area contributed by atoms with Gasteiger partial charge in [0.25, 0.3) is 0 Å². The number of aromatic nitrogens is 3. The van der Waals surface area contributed by atoms with Crippen LogP contribution in [0.5, 0.6) is 0 Å². The molecule has 62 valence electrons. The molecule has 2 heterocycles. The monoisotopic (exact) mass is 180 g/mol. The lowest BCUT2D eigenvalue weighted by atomic mass is 10.4. The van der Waals surface area contributed by atoms with E-state index < -0.39 is 0 Å². The molecule has 0 aromatic carbocycles.